The summed E-state index contributed by atoms with van der Waals surface area (Å²) in [5.41, 5.74) is 0.801. The van der Waals surface area contributed by atoms with Crippen LogP contribution in [-0.4, -0.2) is 51.9 Å². The molecule has 120 valence electrons. The molecule has 0 saturated carbocycles. The summed E-state index contributed by atoms with van der Waals surface area (Å²) in [5.74, 6) is 0.731. The van der Waals surface area contributed by atoms with Crippen molar-refractivity contribution >= 4 is 17.6 Å². The first-order valence-electron chi connectivity index (χ1n) is 7.11. The van der Waals surface area contributed by atoms with Crippen molar-refractivity contribution in [3.05, 3.63) is 24.3 Å². The fourth-order valence-electron chi connectivity index (χ4n) is 2.32. The molecule has 0 unspecified atom stereocenters. The van der Waals surface area contributed by atoms with Crippen LogP contribution in [0.1, 0.15) is 6.42 Å². The summed E-state index contributed by atoms with van der Waals surface area (Å²) in [7, 11) is 3.17. The van der Waals surface area contributed by atoms with E-state index in [1.165, 1.54) is 0 Å². The Balaban J connectivity index is 1.88. The molecule has 2 rings (SSSR count). The molecule has 22 heavy (non-hydrogen) atoms. The molecule has 7 nitrogen and oxygen atoms in total. The van der Waals surface area contributed by atoms with E-state index < -0.39 is 0 Å². The number of urea groups is 1. The number of nitrogens with one attached hydrogen (secondary N) is 2. The molecule has 1 fully saturated rings. The average Bonchev–Trinajstić information content (AvgIpc) is 2.88. The van der Waals surface area contributed by atoms with Crippen LogP contribution in [0.4, 0.5) is 10.5 Å². The van der Waals surface area contributed by atoms with Crippen LogP contribution < -0.4 is 20.3 Å². The van der Waals surface area contributed by atoms with Gasteiger partial charge in [0.15, 0.2) is 0 Å². The van der Waals surface area contributed by atoms with Crippen LogP contribution in [0.25, 0.3) is 0 Å². The summed E-state index contributed by atoms with van der Waals surface area (Å²) in [6.45, 7) is 1.35. The van der Waals surface area contributed by atoms with Gasteiger partial charge in [-0.3, -0.25) is 4.79 Å². The lowest BCUT2D eigenvalue weighted by molar-refractivity contribution is -0.117. The predicted octanol–water partition coefficient (Wildman–Crippen LogP) is 0.746. The lowest BCUT2D eigenvalue weighted by atomic mass is 10.2. The summed E-state index contributed by atoms with van der Waals surface area (Å²) >= 11 is 0. The van der Waals surface area contributed by atoms with Gasteiger partial charge in [-0.15, -0.1) is 0 Å². The van der Waals surface area contributed by atoms with Gasteiger partial charge in [0.2, 0.25) is 5.91 Å². The van der Waals surface area contributed by atoms with Gasteiger partial charge in [-0.2, -0.15) is 0 Å². The van der Waals surface area contributed by atoms with E-state index in [1.807, 2.05) is 12.1 Å². The van der Waals surface area contributed by atoms with Crippen LogP contribution >= 0.6 is 0 Å². The van der Waals surface area contributed by atoms with Crippen molar-refractivity contribution in [2.45, 2.75) is 12.5 Å². The van der Waals surface area contributed by atoms with E-state index in [0.717, 1.165) is 11.4 Å². The zero-order valence-corrected chi connectivity index (χ0v) is 12.8. The number of anilines is 1. The molecule has 2 N–H and O–H groups in total. The molecule has 0 spiro atoms. The van der Waals surface area contributed by atoms with Crippen molar-refractivity contribution in [3.8, 4) is 5.75 Å². The number of benzene rings is 1. The van der Waals surface area contributed by atoms with E-state index in [2.05, 4.69) is 10.6 Å². The maximum absolute atomic E-state index is 12.1. The molecule has 1 aromatic rings. The zero-order chi connectivity index (χ0) is 15.9. The fraction of sp³-hybridized carbons (Fsp3) is 0.467. The SMILES string of the molecule is COCCNC(=O)N[C@H]1CC(=O)N(c2ccc(OC)cc2)C1. The first-order chi connectivity index (χ1) is 10.6. The summed E-state index contributed by atoms with van der Waals surface area (Å²) < 4.78 is 9.96. The molecule has 0 aliphatic carbocycles. The number of methoxy groups -OCH3 is 2. The average molecular weight is 307 g/mol. The smallest absolute Gasteiger partial charge is 0.315 e. The monoisotopic (exact) mass is 307 g/mol. The van der Waals surface area contributed by atoms with Gasteiger partial charge >= 0.3 is 6.03 Å². The molecule has 0 aromatic heterocycles. The number of carbonyl (C=O) groups excluding carboxylic acids is 2. The Labute approximate surface area is 129 Å². The van der Waals surface area contributed by atoms with Gasteiger partial charge in [-0.05, 0) is 24.3 Å². The Morgan fingerprint density at radius 2 is 2.05 bits per heavy atom. The summed E-state index contributed by atoms with van der Waals surface area (Å²) in [6.07, 6.45) is 0.295. The zero-order valence-electron chi connectivity index (χ0n) is 12.8. The van der Waals surface area contributed by atoms with Crippen LogP contribution in [0.2, 0.25) is 0 Å². The van der Waals surface area contributed by atoms with Crippen molar-refractivity contribution in [2.75, 3.05) is 38.8 Å². The second kappa shape index (κ2) is 7.65. The minimum Gasteiger partial charge on any atom is -0.497 e. The third-order valence-electron chi connectivity index (χ3n) is 3.44. The lowest BCUT2D eigenvalue weighted by Crippen LogP contribution is -2.44. The second-order valence-electron chi connectivity index (χ2n) is 5.00. The van der Waals surface area contributed by atoms with Crippen LogP contribution in [0, 0.1) is 0 Å². The van der Waals surface area contributed by atoms with E-state index >= 15 is 0 Å². The van der Waals surface area contributed by atoms with E-state index in [0.29, 0.717) is 26.1 Å². The van der Waals surface area contributed by atoms with Gasteiger partial charge in [0, 0.05) is 32.3 Å². The minimum absolute atomic E-state index is 0.00708. The van der Waals surface area contributed by atoms with Gasteiger partial charge in [0.1, 0.15) is 5.75 Å². The van der Waals surface area contributed by atoms with Gasteiger partial charge in [0.25, 0.3) is 0 Å². The molecular weight excluding hydrogens is 286 g/mol. The van der Waals surface area contributed by atoms with Gasteiger partial charge in [-0.25, -0.2) is 4.79 Å². The van der Waals surface area contributed by atoms with Crippen LogP contribution in [0.15, 0.2) is 24.3 Å². The summed E-state index contributed by atoms with van der Waals surface area (Å²) in [6, 6.07) is 6.79. The summed E-state index contributed by atoms with van der Waals surface area (Å²) in [4.78, 5) is 25.4. The Hall–Kier alpha value is -2.28. The predicted molar refractivity (Wildman–Crippen MR) is 82.2 cm³/mol. The number of ether oxygens (including phenoxy) is 2. The number of amides is 3. The molecule has 0 radical (unpaired) electrons. The van der Waals surface area contributed by atoms with Gasteiger partial charge in [-0.1, -0.05) is 0 Å². The molecular formula is C15H21N3O4. The molecule has 1 saturated heterocycles. The molecule has 1 aliphatic rings. The topological polar surface area (TPSA) is 79.9 Å². The Morgan fingerprint density at radius 3 is 2.68 bits per heavy atom. The van der Waals surface area contributed by atoms with Crippen molar-refractivity contribution in [1.29, 1.82) is 0 Å². The molecule has 1 atom stereocenters. The Bertz CT molecular complexity index is 518. The molecule has 1 aliphatic heterocycles. The van der Waals surface area contributed by atoms with Crippen LogP contribution in [0.3, 0.4) is 0 Å². The highest BCUT2D eigenvalue weighted by molar-refractivity contribution is 5.96. The number of carbonyl (C=O) groups is 2. The third-order valence-corrected chi connectivity index (χ3v) is 3.44. The first kappa shape index (κ1) is 16.1. The maximum Gasteiger partial charge on any atom is 0.315 e. The number of nitrogens with zero attached hydrogens (tertiary/aromatic N) is 1. The quantitative estimate of drug-likeness (QED) is 0.760. The standard InChI is InChI=1S/C15H21N3O4/c1-21-8-7-16-15(20)17-11-9-14(19)18(10-11)12-3-5-13(22-2)6-4-12/h3-6,11H,7-10H2,1-2H3,(H2,16,17,20)/t11-/m0/s1. The third kappa shape index (κ3) is 4.11. The highest BCUT2D eigenvalue weighted by Crippen LogP contribution is 2.24. The van der Waals surface area contributed by atoms with Crippen LogP contribution in [-0.2, 0) is 9.53 Å². The Morgan fingerprint density at radius 1 is 1.32 bits per heavy atom. The van der Waals surface area contributed by atoms with Gasteiger partial charge in [0.05, 0.1) is 19.8 Å². The van der Waals surface area contributed by atoms with E-state index in [1.54, 1.807) is 31.3 Å². The highest BCUT2D eigenvalue weighted by Gasteiger charge is 2.31. The fourth-order valence-corrected chi connectivity index (χ4v) is 2.32. The van der Waals surface area contributed by atoms with Crippen molar-refractivity contribution in [3.63, 3.8) is 0 Å². The van der Waals surface area contributed by atoms with E-state index in [9.17, 15) is 9.59 Å². The van der Waals surface area contributed by atoms with E-state index in [-0.39, 0.29) is 18.0 Å². The number of hydrogen-bond donors (Lipinski definition) is 2. The first-order valence-corrected chi connectivity index (χ1v) is 7.11. The van der Waals surface area contributed by atoms with Crippen molar-refractivity contribution < 1.29 is 19.1 Å². The largest absolute Gasteiger partial charge is 0.497 e. The minimum atomic E-state index is -0.286. The normalized spacial score (nSPS) is 17.5. The number of hydrogen-bond acceptors (Lipinski definition) is 4. The number of rotatable bonds is 6. The Kier molecular flexibility index (Phi) is 5.60. The second-order valence-corrected chi connectivity index (χ2v) is 5.00. The molecule has 3 amide bonds. The van der Waals surface area contributed by atoms with Crippen LogP contribution in [0.5, 0.6) is 5.75 Å². The molecule has 7 heteroatoms. The molecule has 0 bridgehead atoms. The molecule has 1 aromatic carbocycles. The van der Waals surface area contributed by atoms with Crippen molar-refractivity contribution in [1.82, 2.24) is 10.6 Å². The van der Waals surface area contributed by atoms with E-state index in [4.69, 9.17) is 9.47 Å². The highest BCUT2D eigenvalue weighted by atomic mass is 16.5. The van der Waals surface area contributed by atoms with Crippen molar-refractivity contribution in [2.24, 2.45) is 0 Å². The van der Waals surface area contributed by atoms with Gasteiger partial charge < -0.3 is 25.0 Å². The molecule has 1 heterocycles. The summed E-state index contributed by atoms with van der Waals surface area (Å²) in [5, 5.41) is 5.47. The lowest BCUT2D eigenvalue weighted by Gasteiger charge is -2.17. The maximum atomic E-state index is 12.1.